The maximum atomic E-state index is 11.8. The third kappa shape index (κ3) is 5.76. The zero-order valence-corrected chi connectivity index (χ0v) is 13.0. The van der Waals surface area contributed by atoms with E-state index in [1.165, 1.54) is 0 Å². The van der Waals surface area contributed by atoms with Crippen molar-refractivity contribution in [3.8, 4) is 0 Å². The molecule has 0 radical (unpaired) electrons. The van der Waals surface area contributed by atoms with Gasteiger partial charge in [0, 0.05) is 18.7 Å². The van der Waals surface area contributed by atoms with Gasteiger partial charge in [-0.2, -0.15) is 0 Å². The molecule has 0 bridgehead atoms. The minimum absolute atomic E-state index is 0.134. The smallest absolute Gasteiger partial charge is 0.287 e. The fraction of sp³-hybridized carbons (Fsp3) is 0.615. The molecule has 0 aromatic carbocycles. The van der Waals surface area contributed by atoms with E-state index in [2.05, 4.69) is 21.2 Å². The van der Waals surface area contributed by atoms with Crippen LogP contribution in [-0.4, -0.2) is 36.9 Å². The van der Waals surface area contributed by atoms with E-state index in [4.69, 9.17) is 9.15 Å². The van der Waals surface area contributed by atoms with Crippen LogP contribution in [0.4, 0.5) is 0 Å². The van der Waals surface area contributed by atoms with Gasteiger partial charge in [0.2, 0.25) is 0 Å². The number of carbonyl (C=O) groups excluding carboxylic acids is 1. The second kappa shape index (κ2) is 7.67. The van der Waals surface area contributed by atoms with Crippen LogP contribution in [-0.2, 0) is 4.74 Å². The molecule has 1 atom stereocenters. The molecule has 1 amide bonds. The van der Waals surface area contributed by atoms with Crippen LogP contribution >= 0.6 is 15.9 Å². The summed E-state index contributed by atoms with van der Waals surface area (Å²) >= 11 is 3.16. The van der Waals surface area contributed by atoms with Crippen LogP contribution in [0.2, 0.25) is 0 Å². The molecule has 0 aliphatic rings. The van der Waals surface area contributed by atoms with Crippen molar-refractivity contribution in [3.63, 3.8) is 0 Å². The third-order valence-corrected chi connectivity index (χ3v) is 2.74. The van der Waals surface area contributed by atoms with E-state index in [1.807, 2.05) is 13.8 Å². The number of aliphatic hydroxyl groups is 1. The Morgan fingerprint density at radius 3 is 2.74 bits per heavy atom. The molecule has 108 valence electrons. The van der Waals surface area contributed by atoms with Crippen LogP contribution in [0, 0.1) is 12.8 Å². The van der Waals surface area contributed by atoms with Crippen LogP contribution in [0.1, 0.15) is 30.0 Å². The lowest BCUT2D eigenvalue weighted by Crippen LogP contribution is -2.34. The average molecular weight is 334 g/mol. The van der Waals surface area contributed by atoms with Crippen LogP contribution < -0.4 is 5.32 Å². The van der Waals surface area contributed by atoms with Crippen molar-refractivity contribution in [1.29, 1.82) is 0 Å². The molecule has 6 heteroatoms. The summed E-state index contributed by atoms with van der Waals surface area (Å²) in [6, 6.07) is 1.72. The Bertz CT molecular complexity index is 417. The fourth-order valence-electron chi connectivity index (χ4n) is 1.46. The lowest BCUT2D eigenvalue weighted by atomic mass is 10.2. The Morgan fingerprint density at radius 1 is 1.53 bits per heavy atom. The van der Waals surface area contributed by atoms with E-state index in [-0.39, 0.29) is 24.8 Å². The Labute approximate surface area is 121 Å². The van der Waals surface area contributed by atoms with Crippen LogP contribution in [0.25, 0.3) is 0 Å². The van der Waals surface area contributed by atoms with Gasteiger partial charge in [-0.15, -0.1) is 0 Å². The van der Waals surface area contributed by atoms with E-state index < -0.39 is 6.10 Å². The van der Waals surface area contributed by atoms with Gasteiger partial charge in [0.05, 0.1) is 12.7 Å². The highest BCUT2D eigenvalue weighted by molar-refractivity contribution is 9.10. The van der Waals surface area contributed by atoms with Gasteiger partial charge in [0.15, 0.2) is 10.4 Å². The summed E-state index contributed by atoms with van der Waals surface area (Å²) in [6.07, 6.45) is -0.721. The SMILES string of the molecule is Cc1cc(Br)oc1C(=O)NCC(O)COCC(C)C. The topological polar surface area (TPSA) is 71.7 Å². The first kappa shape index (κ1) is 16.2. The molecule has 1 unspecified atom stereocenters. The summed E-state index contributed by atoms with van der Waals surface area (Å²) in [5, 5.41) is 12.3. The number of halogens is 1. The van der Waals surface area contributed by atoms with Crippen molar-refractivity contribution in [3.05, 3.63) is 22.1 Å². The third-order valence-electron chi connectivity index (χ3n) is 2.35. The Balaban J connectivity index is 2.32. The Kier molecular flexibility index (Phi) is 6.54. The maximum Gasteiger partial charge on any atom is 0.287 e. The minimum Gasteiger partial charge on any atom is -0.444 e. The highest BCUT2D eigenvalue weighted by Crippen LogP contribution is 2.19. The molecule has 2 N–H and O–H groups in total. The number of aliphatic hydroxyl groups excluding tert-OH is 1. The summed E-state index contributed by atoms with van der Waals surface area (Å²) in [5.74, 6) is 0.332. The van der Waals surface area contributed by atoms with E-state index >= 15 is 0 Å². The van der Waals surface area contributed by atoms with Crippen molar-refractivity contribution in [2.75, 3.05) is 19.8 Å². The Hall–Kier alpha value is -0.850. The maximum absolute atomic E-state index is 11.8. The highest BCUT2D eigenvalue weighted by Gasteiger charge is 2.16. The zero-order chi connectivity index (χ0) is 14.4. The molecule has 19 heavy (non-hydrogen) atoms. The van der Waals surface area contributed by atoms with Crippen molar-refractivity contribution >= 4 is 21.8 Å². The quantitative estimate of drug-likeness (QED) is 0.801. The number of nitrogens with one attached hydrogen (secondary N) is 1. The summed E-state index contributed by atoms with van der Waals surface area (Å²) in [6.45, 7) is 6.78. The van der Waals surface area contributed by atoms with Gasteiger partial charge in [0.1, 0.15) is 0 Å². The van der Waals surface area contributed by atoms with Gasteiger partial charge in [-0.1, -0.05) is 13.8 Å². The molecule has 1 aromatic rings. The van der Waals surface area contributed by atoms with Gasteiger partial charge in [-0.05, 0) is 34.8 Å². The van der Waals surface area contributed by atoms with Crippen LogP contribution in [0.5, 0.6) is 0 Å². The highest BCUT2D eigenvalue weighted by atomic mass is 79.9. The molecule has 1 heterocycles. The Morgan fingerprint density at radius 2 is 2.21 bits per heavy atom. The lowest BCUT2D eigenvalue weighted by molar-refractivity contribution is 0.0257. The number of rotatable bonds is 7. The number of aryl methyl sites for hydroxylation is 1. The van der Waals surface area contributed by atoms with Crippen molar-refractivity contribution < 1.29 is 19.1 Å². The molecule has 1 rings (SSSR count). The molecule has 0 saturated heterocycles. The molecular formula is C13H20BrNO4. The second-order valence-electron chi connectivity index (χ2n) is 4.86. The minimum atomic E-state index is -0.721. The van der Waals surface area contributed by atoms with E-state index in [1.54, 1.807) is 13.0 Å². The van der Waals surface area contributed by atoms with E-state index in [0.717, 1.165) is 5.56 Å². The fourth-order valence-corrected chi connectivity index (χ4v) is 1.96. The summed E-state index contributed by atoms with van der Waals surface area (Å²) < 4.78 is 11.0. The molecule has 0 aliphatic carbocycles. The molecule has 5 nitrogen and oxygen atoms in total. The van der Waals surface area contributed by atoms with E-state index in [9.17, 15) is 9.90 Å². The lowest BCUT2D eigenvalue weighted by Gasteiger charge is -2.13. The largest absolute Gasteiger partial charge is 0.444 e. The number of hydrogen-bond donors (Lipinski definition) is 2. The predicted octanol–water partition coefficient (Wildman–Crippen LogP) is 2.11. The number of amides is 1. The van der Waals surface area contributed by atoms with Crippen LogP contribution in [0.15, 0.2) is 15.2 Å². The summed E-state index contributed by atoms with van der Waals surface area (Å²) in [4.78, 5) is 11.8. The summed E-state index contributed by atoms with van der Waals surface area (Å²) in [5.41, 5.74) is 0.745. The molecular weight excluding hydrogens is 314 g/mol. The molecule has 0 aliphatic heterocycles. The van der Waals surface area contributed by atoms with Crippen molar-refractivity contribution in [2.24, 2.45) is 5.92 Å². The van der Waals surface area contributed by atoms with Crippen molar-refractivity contribution in [1.82, 2.24) is 5.32 Å². The zero-order valence-electron chi connectivity index (χ0n) is 11.4. The predicted molar refractivity (Wildman–Crippen MR) is 75.1 cm³/mol. The number of carbonyl (C=O) groups is 1. The van der Waals surface area contributed by atoms with Crippen LogP contribution in [0.3, 0.4) is 0 Å². The average Bonchev–Trinajstić information content (AvgIpc) is 2.65. The van der Waals surface area contributed by atoms with E-state index in [0.29, 0.717) is 17.2 Å². The van der Waals surface area contributed by atoms with Gasteiger partial charge < -0.3 is 19.6 Å². The number of furan rings is 1. The number of hydrogen-bond acceptors (Lipinski definition) is 4. The normalized spacial score (nSPS) is 12.7. The molecule has 0 saturated carbocycles. The molecule has 1 aromatic heterocycles. The van der Waals surface area contributed by atoms with Gasteiger partial charge in [-0.25, -0.2) is 0 Å². The standard InChI is InChI=1S/C13H20BrNO4/c1-8(2)6-18-7-10(16)5-15-13(17)12-9(3)4-11(14)19-12/h4,8,10,16H,5-7H2,1-3H3,(H,15,17). The molecule has 0 spiro atoms. The van der Waals surface area contributed by atoms with Gasteiger partial charge in [-0.3, -0.25) is 4.79 Å². The van der Waals surface area contributed by atoms with Gasteiger partial charge >= 0.3 is 0 Å². The summed E-state index contributed by atoms with van der Waals surface area (Å²) in [7, 11) is 0. The second-order valence-corrected chi connectivity index (χ2v) is 5.64. The van der Waals surface area contributed by atoms with Gasteiger partial charge in [0.25, 0.3) is 5.91 Å². The monoisotopic (exact) mass is 333 g/mol. The first-order chi connectivity index (χ1) is 8.90. The molecule has 0 fully saturated rings. The first-order valence-corrected chi connectivity index (χ1v) is 6.99. The first-order valence-electron chi connectivity index (χ1n) is 6.20. The van der Waals surface area contributed by atoms with Crippen molar-refractivity contribution in [2.45, 2.75) is 26.9 Å². The number of ether oxygens (including phenoxy) is 1.